The average molecular weight is 421 g/mol. The summed E-state index contributed by atoms with van der Waals surface area (Å²) in [5.41, 5.74) is 1.49. The minimum absolute atomic E-state index is 0.130. The van der Waals surface area contributed by atoms with E-state index in [0.717, 1.165) is 15.7 Å². The monoisotopic (exact) mass is 420 g/mol. The van der Waals surface area contributed by atoms with E-state index in [0.29, 0.717) is 11.0 Å². The maximum Gasteiger partial charge on any atom is 0.234 e. The standard InChI is InChI=1S/C17H14BrFN4OS/c1-23-16(11-5-7-13(19)8-6-11)21-22-17(23)25-10-15(24)20-14-4-2-3-12(18)9-14/h2-9H,10H2,1H3,(H,20,24). The van der Waals surface area contributed by atoms with Crippen LogP contribution in [0.5, 0.6) is 0 Å². The first-order valence-corrected chi connectivity index (χ1v) is 9.14. The highest BCUT2D eigenvalue weighted by Gasteiger charge is 2.13. The summed E-state index contributed by atoms with van der Waals surface area (Å²) in [4.78, 5) is 12.1. The lowest BCUT2D eigenvalue weighted by Gasteiger charge is -2.06. The Balaban J connectivity index is 1.64. The number of anilines is 1. The molecule has 0 fully saturated rings. The molecular formula is C17H14BrFN4OS. The number of hydrogen-bond donors (Lipinski definition) is 1. The molecule has 1 heterocycles. The zero-order chi connectivity index (χ0) is 17.8. The molecule has 1 N–H and O–H groups in total. The normalized spacial score (nSPS) is 10.7. The van der Waals surface area contributed by atoms with Gasteiger partial charge in [-0.3, -0.25) is 4.79 Å². The summed E-state index contributed by atoms with van der Waals surface area (Å²) < 4.78 is 15.7. The maximum absolute atomic E-state index is 13.0. The van der Waals surface area contributed by atoms with Crippen LogP contribution in [0.3, 0.4) is 0 Å². The first kappa shape index (κ1) is 17.6. The number of carbonyl (C=O) groups is 1. The summed E-state index contributed by atoms with van der Waals surface area (Å²) in [6.45, 7) is 0. The lowest BCUT2D eigenvalue weighted by atomic mass is 10.2. The molecule has 0 spiro atoms. The van der Waals surface area contributed by atoms with Crippen molar-refractivity contribution >= 4 is 39.3 Å². The number of hydrogen-bond acceptors (Lipinski definition) is 4. The molecule has 5 nitrogen and oxygen atoms in total. The van der Waals surface area contributed by atoms with E-state index >= 15 is 0 Å². The zero-order valence-corrected chi connectivity index (χ0v) is 15.6. The van der Waals surface area contributed by atoms with Crippen molar-refractivity contribution in [2.75, 3.05) is 11.1 Å². The van der Waals surface area contributed by atoms with Gasteiger partial charge in [0.15, 0.2) is 11.0 Å². The molecule has 0 aliphatic rings. The highest BCUT2D eigenvalue weighted by Crippen LogP contribution is 2.23. The highest BCUT2D eigenvalue weighted by atomic mass is 79.9. The number of rotatable bonds is 5. The van der Waals surface area contributed by atoms with E-state index in [1.54, 1.807) is 16.7 Å². The highest BCUT2D eigenvalue weighted by molar-refractivity contribution is 9.10. The molecule has 0 saturated carbocycles. The Kier molecular flexibility index (Phi) is 5.50. The number of thioether (sulfide) groups is 1. The lowest BCUT2D eigenvalue weighted by molar-refractivity contribution is -0.113. The molecule has 0 atom stereocenters. The number of benzene rings is 2. The molecule has 8 heteroatoms. The van der Waals surface area contributed by atoms with Gasteiger partial charge in [0.1, 0.15) is 5.82 Å². The molecule has 1 amide bonds. The van der Waals surface area contributed by atoms with Gasteiger partial charge in [0, 0.05) is 22.8 Å². The van der Waals surface area contributed by atoms with Crippen LogP contribution in [0.4, 0.5) is 10.1 Å². The SMILES string of the molecule is Cn1c(SCC(=O)Nc2cccc(Br)c2)nnc1-c1ccc(F)cc1. The number of amides is 1. The molecule has 0 bridgehead atoms. The second-order valence-electron chi connectivity index (χ2n) is 5.22. The largest absolute Gasteiger partial charge is 0.325 e. The van der Waals surface area contributed by atoms with E-state index in [4.69, 9.17) is 0 Å². The number of aromatic nitrogens is 3. The fourth-order valence-corrected chi connectivity index (χ4v) is 3.29. The van der Waals surface area contributed by atoms with Gasteiger partial charge >= 0.3 is 0 Å². The van der Waals surface area contributed by atoms with Gasteiger partial charge in [-0.2, -0.15) is 0 Å². The van der Waals surface area contributed by atoms with Gasteiger partial charge in [-0.25, -0.2) is 4.39 Å². The van der Waals surface area contributed by atoms with Crippen LogP contribution in [0, 0.1) is 5.82 Å². The van der Waals surface area contributed by atoms with Crippen molar-refractivity contribution in [1.29, 1.82) is 0 Å². The number of nitrogens with one attached hydrogen (secondary N) is 1. The Morgan fingerprint density at radius 1 is 1.24 bits per heavy atom. The van der Waals surface area contributed by atoms with E-state index in [2.05, 4.69) is 31.4 Å². The van der Waals surface area contributed by atoms with Gasteiger partial charge in [-0.1, -0.05) is 33.8 Å². The molecule has 0 saturated heterocycles. The van der Waals surface area contributed by atoms with Crippen LogP contribution >= 0.6 is 27.7 Å². The van der Waals surface area contributed by atoms with Crippen LogP contribution in [-0.4, -0.2) is 26.4 Å². The van der Waals surface area contributed by atoms with Crippen molar-refractivity contribution in [3.05, 3.63) is 58.8 Å². The fourth-order valence-electron chi connectivity index (χ4n) is 2.18. The Hall–Kier alpha value is -2.19. The van der Waals surface area contributed by atoms with E-state index in [1.165, 1.54) is 23.9 Å². The van der Waals surface area contributed by atoms with E-state index in [-0.39, 0.29) is 17.5 Å². The Morgan fingerprint density at radius 3 is 2.72 bits per heavy atom. The quantitative estimate of drug-likeness (QED) is 0.630. The minimum atomic E-state index is -0.301. The van der Waals surface area contributed by atoms with Crippen molar-refractivity contribution < 1.29 is 9.18 Å². The van der Waals surface area contributed by atoms with E-state index in [1.807, 2.05) is 31.3 Å². The molecule has 1 aromatic heterocycles. The van der Waals surface area contributed by atoms with Crippen LogP contribution in [0.15, 0.2) is 58.2 Å². The summed E-state index contributed by atoms with van der Waals surface area (Å²) >= 11 is 4.65. The van der Waals surface area contributed by atoms with Crippen LogP contribution in [0.25, 0.3) is 11.4 Å². The van der Waals surface area contributed by atoms with Crippen molar-refractivity contribution in [3.63, 3.8) is 0 Å². The molecule has 25 heavy (non-hydrogen) atoms. The molecule has 0 unspecified atom stereocenters. The van der Waals surface area contributed by atoms with Gasteiger partial charge < -0.3 is 9.88 Å². The van der Waals surface area contributed by atoms with Crippen molar-refractivity contribution in [2.24, 2.45) is 7.05 Å². The minimum Gasteiger partial charge on any atom is -0.325 e. The zero-order valence-electron chi connectivity index (χ0n) is 13.2. The summed E-state index contributed by atoms with van der Waals surface area (Å²) in [5.74, 6) is 0.399. The molecule has 0 aliphatic carbocycles. The molecule has 2 aromatic carbocycles. The number of nitrogens with zero attached hydrogens (tertiary/aromatic N) is 3. The predicted octanol–water partition coefficient (Wildman–Crippen LogP) is 4.11. The Morgan fingerprint density at radius 2 is 2.00 bits per heavy atom. The average Bonchev–Trinajstić information content (AvgIpc) is 2.94. The van der Waals surface area contributed by atoms with Crippen LogP contribution < -0.4 is 5.32 Å². The van der Waals surface area contributed by atoms with Crippen LogP contribution in [0.2, 0.25) is 0 Å². The smallest absolute Gasteiger partial charge is 0.234 e. The molecule has 3 rings (SSSR count). The third-order valence-electron chi connectivity index (χ3n) is 3.38. The fraction of sp³-hybridized carbons (Fsp3) is 0.118. The third kappa shape index (κ3) is 4.46. The van der Waals surface area contributed by atoms with Crippen LogP contribution in [-0.2, 0) is 11.8 Å². The molecular weight excluding hydrogens is 407 g/mol. The summed E-state index contributed by atoms with van der Waals surface area (Å²) in [7, 11) is 1.81. The van der Waals surface area contributed by atoms with Crippen molar-refractivity contribution in [1.82, 2.24) is 14.8 Å². The first-order valence-electron chi connectivity index (χ1n) is 7.36. The molecule has 128 valence electrons. The van der Waals surface area contributed by atoms with Gasteiger partial charge in [0.2, 0.25) is 5.91 Å². The summed E-state index contributed by atoms with van der Waals surface area (Å²) in [6, 6.07) is 13.4. The van der Waals surface area contributed by atoms with Crippen molar-refractivity contribution in [3.8, 4) is 11.4 Å². The van der Waals surface area contributed by atoms with Crippen LogP contribution in [0.1, 0.15) is 0 Å². The molecule has 0 aliphatic heterocycles. The van der Waals surface area contributed by atoms with E-state index < -0.39 is 0 Å². The second kappa shape index (κ2) is 7.79. The van der Waals surface area contributed by atoms with Gasteiger partial charge in [0.25, 0.3) is 0 Å². The summed E-state index contributed by atoms with van der Waals surface area (Å²) in [6.07, 6.45) is 0. The number of carbonyl (C=O) groups excluding carboxylic acids is 1. The van der Waals surface area contributed by atoms with Gasteiger partial charge in [0.05, 0.1) is 5.75 Å². The number of halogens is 2. The van der Waals surface area contributed by atoms with Gasteiger partial charge in [-0.15, -0.1) is 10.2 Å². The Bertz CT molecular complexity index is 898. The maximum atomic E-state index is 13.0. The molecule has 0 radical (unpaired) electrons. The predicted molar refractivity (Wildman–Crippen MR) is 99.9 cm³/mol. The Labute approximate surface area is 156 Å². The first-order chi connectivity index (χ1) is 12.0. The second-order valence-corrected chi connectivity index (χ2v) is 7.08. The third-order valence-corrected chi connectivity index (χ3v) is 4.89. The van der Waals surface area contributed by atoms with E-state index in [9.17, 15) is 9.18 Å². The lowest BCUT2D eigenvalue weighted by Crippen LogP contribution is -2.14. The molecule has 3 aromatic rings. The summed E-state index contributed by atoms with van der Waals surface area (Å²) in [5, 5.41) is 11.7. The topological polar surface area (TPSA) is 59.8 Å². The van der Waals surface area contributed by atoms with Gasteiger partial charge in [-0.05, 0) is 42.5 Å². The van der Waals surface area contributed by atoms with Crippen molar-refractivity contribution in [2.45, 2.75) is 5.16 Å².